The van der Waals surface area contributed by atoms with Gasteiger partial charge in [-0.3, -0.25) is 0 Å². The summed E-state index contributed by atoms with van der Waals surface area (Å²) in [5, 5.41) is 0. The highest BCUT2D eigenvalue weighted by Crippen LogP contribution is 2.16. The summed E-state index contributed by atoms with van der Waals surface area (Å²) >= 11 is 3.38. The maximum Gasteiger partial charge on any atom is 0.119 e. The van der Waals surface area contributed by atoms with Crippen molar-refractivity contribution in [1.29, 1.82) is 0 Å². The average Bonchev–Trinajstić information content (AvgIpc) is 2.74. The number of nitrogens with one attached hydrogen (secondary N) is 1. The fraction of sp³-hybridized carbons (Fsp3) is 0.182. The summed E-state index contributed by atoms with van der Waals surface area (Å²) in [6, 6.07) is 7.80. The van der Waals surface area contributed by atoms with Crippen molar-refractivity contribution in [3.05, 3.63) is 47.0 Å². The van der Waals surface area contributed by atoms with Gasteiger partial charge in [-0.2, -0.15) is 0 Å². The van der Waals surface area contributed by atoms with Crippen molar-refractivity contribution in [3.63, 3.8) is 0 Å². The van der Waals surface area contributed by atoms with Gasteiger partial charge in [0.05, 0.1) is 18.6 Å². The number of ether oxygens (including phenoxy) is 1. The number of rotatable bonds is 4. The second-order valence-electron chi connectivity index (χ2n) is 3.11. The molecular formula is C11H11BrN2O. The molecule has 0 saturated carbocycles. The molecule has 0 aliphatic heterocycles. The number of hydrogen-bond donors (Lipinski definition) is 1. The van der Waals surface area contributed by atoms with E-state index in [1.807, 2.05) is 30.5 Å². The molecule has 0 aliphatic rings. The molecule has 0 unspecified atom stereocenters. The molecule has 0 aliphatic carbocycles. The van der Waals surface area contributed by atoms with Gasteiger partial charge in [0.15, 0.2) is 0 Å². The van der Waals surface area contributed by atoms with Crippen LogP contribution < -0.4 is 4.74 Å². The Morgan fingerprint density at radius 3 is 2.73 bits per heavy atom. The lowest BCUT2D eigenvalue weighted by atomic mass is 10.3. The Morgan fingerprint density at radius 2 is 2.07 bits per heavy atom. The third-order valence-corrected chi connectivity index (χ3v) is 2.52. The molecular weight excluding hydrogens is 256 g/mol. The van der Waals surface area contributed by atoms with Crippen molar-refractivity contribution < 1.29 is 4.74 Å². The molecule has 1 heterocycles. The van der Waals surface area contributed by atoms with Crippen molar-refractivity contribution in [2.75, 3.05) is 6.61 Å². The van der Waals surface area contributed by atoms with Gasteiger partial charge in [-0.1, -0.05) is 15.9 Å². The van der Waals surface area contributed by atoms with E-state index in [9.17, 15) is 0 Å². The summed E-state index contributed by atoms with van der Waals surface area (Å²) in [5.74, 6) is 0.883. The molecule has 4 heteroatoms. The first-order valence-electron chi connectivity index (χ1n) is 4.70. The zero-order valence-electron chi connectivity index (χ0n) is 8.11. The number of H-pyrrole nitrogens is 1. The van der Waals surface area contributed by atoms with Crippen LogP contribution in [0.25, 0.3) is 0 Å². The fourth-order valence-electron chi connectivity index (χ4n) is 1.23. The highest BCUT2D eigenvalue weighted by atomic mass is 79.9. The van der Waals surface area contributed by atoms with E-state index in [0.717, 1.165) is 22.3 Å². The van der Waals surface area contributed by atoms with E-state index in [1.54, 1.807) is 6.33 Å². The largest absolute Gasteiger partial charge is 0.493 e. The fourth-order valence-corrected chi connectivity index (χ4v) is 1.50. The van der Waals surface area contributed by atoms with Crippen LogP contribution in [0.4, 0.5) is 0 Å². The lowest BCUT2D eigenvalue weighted by molar-refractivity contribution is 0.320. The standard InChI is InChI=1S/C11H11BrN2O/c12-9-1-3-11(4-2-9)15-6-5-10-7-13-8-14-10/h1-4,7-8H,5-6H2,(H,13,14). The third kappa shape index (κ3) is 3.09. The quantitative estimate of drug-likeness (QED) is 0.924. The Kier molecular flexibility index (Phi) is 3.40. The van der Waals surface area contributed by atoms with E-state index in [0.29, 0.717) is 6.61 Å². The number of imidazole rings is 1. The molecule has 0 radical (unpaired) electrons. The topological polar surface area (TPSA) is 37.9 Å². The molecule has 0 fully saturated rings. The highest BCUT2D eigenvalue weighted by molar-refractivity contribution is 9.10. The molecule has 0 amide bonds. The van der Waals surface area contributed by atoms with Crippen LogP contribution in [-0.2, 0) is 6.42 Å². The molecule has 2 rings (SSSR count). The van der Waals surface area contributed by atoms with Crippen molar-refractivity contribution in [1.82, 2.24) is 9.97 Å². The predicted octanol–water partition coefficient (Wildman–Crippen LogP) is 2.79. The molecule has 1 aromatic carbocycles. The number of nitrogens with zero attached hydrogens (tertiary/aromatic N) is 1. The Labute approximate surface area is 96.6 Å². The van der Waals surface area contributed by atoms with Gasteiger partial charge in [0.2, 0.25) is 0 Å². The Hall–Kier alpha value is -1.29. The number of benzene rings is 1. The monoisotopic (exact) mass is 266 g/mol. The number of halogens is 1. The predicted molar refractivity (Wildman–Crippen MR) is 61.9 cm³/mol. The number of hydrogen-bond acceptors (Lipinski definition) is 2. The average molecular weight is 267 g/mol. The van der Waals surface area contributed by atoms with Gasteiger partial charge >= 0.3 is 0 Å². The summed E-state index contributed by atoms with van der Waals surface area (Å²) in [6.45, 7) is 0.645. The minimum atomic E-state index is 0.645. The van der Waals surface area contributed by atoms with Crippen LogP contribution in [0.5, 0.6) is 5.75 Å². The minimum Gasteiger partial charge on any atom is -0.493 e. The van der Waals surface area contributed by atoms with Crippen LogP contribution in [0.2, 0.25) is 0 Å². The molecule has 0 atom stereocenters. The maximum absolute atomic E-state index is 5.56. The second-order valence-corrected chi connectivity index (χ2v) is 4.03. The second kappa shape index (κ2) is 4.98. The van der Waals surface area contributed by atoms with E-state index >= 15 is 0 Å². The Bertz CT molecular complexity index is 397. The summed E-state index contributed by atoms with van der Waals surface area (Å²) in [7, 11) is 0. The molecule has 0 bridgehead atoms. The van der Waals surface area contributed by atoms with E-state index < -0.39 is 0 Å². The van der Waals surface area contributed by atoms with Crippen LogP contribution in [0.3, 0.4) is 0 Å². The molecule has 0 saturated heterocycles. The number of aromatic nitrogens is 2. The van der Waals surface area contributed by atoms with Gasteiger partial charge < -0.3 is 9.72 Å². The number of aromatic amines is 1. The van der Waals surface area contributed by atoms with Crippen molar-refractivity contribution in [3.8, 4) is 5.75 Å². The third-order valence-electron chi connectivity index (χ3n) is 2.00. The van der Waals surface area contributed by atoms with Crippen LogP contribution in [0.15, 0.2) is 41.3 Å². The van der Waals surface area contributed by atoms with Gasteiger partial charge in [-0.25, -0.2) is 4.98 Å². The summed E-state index contributed by atoms with van der Waals surface area (Å²) in [6.07, 6.45) is 4.37. The molecule has 15 heavy (non-hydrogen) atoms. The first-order chi connectivity index (χ1) is 7.34. The van der Waals surface area contributed by atoms with E-state index in [4.69, 9.17) is 4.74 Å². The molecule has 78 valence electrons. The molecule has 2 aromatic rings. The van der Waals surface area contributed by atoms with E-state index in [1.165, 1.54) is 0 Å². The van der Waals surface area contributed by atoms with Gasteiger partial charge in [0, 0.05) is 17.1 Å². The molecule has 0 spiro atoms. The maximum atomic E-state index is 5.56. The van der Waals surface area contributed by atoms with Gasteiger partial charge in [-0.05, 0) is 24.3 Å². The normalized spacial score (nSPS) is 10.2. The smallest absolute Gasteiger partial charge is 0.119 e. The summed E-state index contributed by atoms with van der Waals surface area (Å²) < 4.78 is 6.62. The van der Waals surface area contributed by atoms with Gasteiger partial charge in [0.25, 0.3) is 0 Å². The molecule has 1 N–H and O–H groups in total. The van der Waals surface area contributed by atoms with E-state index in [2.05, 4.69) is 25.9 Å². The summed E-state index contributed by atoms with van der Waals surface area (Å²) in [5.41, 5.74) is 1.02. The van der Waals surface area contributed by atoms with Gasteiger partial charge in [0.1, 0.15) is 5.75 Å². The molecule has 3 nitrogen and oxygen atoms in total. The van der Waals surface area contributed by atoms with Crippen molar-refractivity contribution in [2.45, 2.75) is 6.42 Å². The Balaban J connectivity index is 1.81. The zero-order chi connectivity index (χ0) is 10.5. The summed E-state index contributed by atoms with van der Waals surface area (Å²) in [4.78, 5) is 7.03. The SMILES string of the molecule is Brc1ccc(OCCc2c[nH]cn2)cc1. The zero-order valence-corrected chi connectivity index (χ0v) is 9.70. The lowest BCUT2D eigenvalue weighted by Crippen LogP contribution is -2.01. The van der Waals surface area contributed by atoms with Crippen molar-refractivity contribution >= 4 is 15.9 Å². The minimum absolute atomic E-state index is 0.645. The lowest BCUT2D eigenvalue weighted by Gasteiger charge is -2.04. The van der Waals surface area contributed by atoms with Crippen LogP contribution in [0.1, 0.15) is 5.69 Å². The first kappa shape index (κ1) is 10.2. The highest BCUT2D eigenvalue weighted by Gasteiger charge is 1.96. The van der Waals surface area contributed by atoms with Crippen molar-refractivity contribution in [2.24, 2.45) is 0 Å². The van der Waals surface area contributed by atoms with E-state index in [-0.39, 0.29) is 0 Å². The van der Waals surface area contributed by atoms with Crippen LogP contribution in [-0.4, -0.2) is 16.6 Å². The van der Waals surface area contributed by atoms with Crippen LogP contribution >= 0.6 is 15.9 Å². The first-order valence-corrected chi connectivity index (χ1v) is 5.50. The van der Waals surface area contributed by atoms with Gasteiger partial charge in [-0.15, -0.1) is 0 Å². The van der Waals surface area contributed by atoms with Crippen LogP contribution in [0, 0.1) is 0 Å². The molecule has 1 aromatic heterocycles. The Morgan fingerprint density at radius 1 is 1.27 bits per heavy atom.